The van der Waals surface area contributed by atoms with Crippen LogP contribution in [-0.4, -0.2) is 24.0 Å². The van der Waals surface area contributed by atoms with Crippen LogP contribution in [0.4, 0.5) is 0 Å². The van der Waals surface area contributed by atoms with Crippen molar-refractivity contribution in [1.29, 1.82) is 5.26 Å². The van der Waals surface area contributed by atoms with Gasteiger partial charge in [0.2, 0.25) is 0 Å². The minimum atomic E-state index is 0.691. The van der Waals surface area contributed by atoms with Crippen molar-refractivity contribution in [3.63, 3.8) is 0 Å². The Balaban J connectivity index is 2.00. The van der Waals surface area contributed by atoms with Crippen LogP contribution in [0.3, 0.4) is 0 Å². The molecule has 0 aromatic carbocycles. The summed E-state index contributed by atoms with van der Waals surface area (Å²) in [4.78, 5) is 2.55. The van der Waals surface area contributed by atoms with Crippen LogP contribution in [0.15, 0.2) is 0 Å². The molecule has 2 nitrogen and oxygen atoms in total. The number of rotatable bonds is 1. The lowest BCUT2D eigenvalue weighted by Gasteiger charge is -2.46. The Morgan fingerprint density at radius 1 is 1.31 bits per heavy atom. The Kier molecular flexibility index (Phi) is 2.55. The van der Waals surface area contributed by atoms with Gasteiger partial charge in [0.05, 0.1) is 6.07 Å². The van der Waals surface area contributed by atoms with E-state index in [1.807, 2.05) is 0 Å². The minimum absolute atomic E-state index is 0.691. The van der Waals surface area contributed by atoms with E-state index in [9.17, 15) is 0 Å². The van der Waals surface area contributed by atoms with E-state index in [4.69, 9.17) is 5.26 Å². The first-order valence-corrected chi connectivity index (χ1v) is 5.40. The van der Waals surface area contributed by atoms with Crippen LogP contribution in [0, 0.1) is 17.2 Å². The van der Waals surface area contributed by atoms with E-state index in [0.29, 0.717) is 5.92 Å². The molecule has 0 aromatic rings. The van der Waals surface area contributed by atoms with Gasteiger partial charge < -0.3 is 4.90 Å². The fraction of sp³-hybridized carbons (Fsp3) is 0.909. The SMILES string of the molecule is CN1C2CCCC1CC(CC#N)C2. The van der Waals surface area contributed by atoms with Gasteiger partial charge in [-0.15, -0.1) is 0 Å². The Bertz CT molecular complexity index is 205. The van der Waals surface area contributed by atoms with E-state index < -0.39 is 0 Å². The second-order valence-electron chi connectivity index (χ2n) is 4.60. The fourth-order valence-electron chi connectivity index (χ4n) is 3.02. The average Bonchev–Trinajstić information content (AvgIpc) is 2.07. The van der Waals surface area contributed by atoms with Crippen LogP contribution in [-0.2, 0) is 0 Å². The predicted molar refractivity (Wildman–Crippen MR) is 52.1 cm³/mol. The quantitative estimate of drug-likeness (QED) is 0.615. The molecule has 0 aliphatic carbocycles. The second-order valence-corrected chi connectivity index (χ2v) is 4.60. The number of piperidine rings is 2. The van der Waals surface area contributed by atoms with E-state index in [1.54, 1.807) is 0 Å². The van der Waals surface area contributed by atoms with Gasteiger partial charge in [-0.25, -0.2) is 0 Å². The maximum absolute atomic E-state index is 8.68. The predicted octanol–water partition coefficient (Wildman–Crippen LogP) is 2.16. The molecule has 2 rings (SSSR count). The van der Waals surface area contributed by atoms with Crippen molar-refractivity contribution in [3.05, 3.63) is 0 Å². The molecular formula is C11H18N2. The van der Waals surface area contributed by atoms with E-state index in [2.05, 4.69) is 18.0 Å². The molecule has 72 valence electrons. The summed E-state index contributed by atoms with van der Waals surface area (Å²) in [7, 11) is 2.26. The van der Waals surface area contributed by atoms with Crippen molar-refractivity contribution >= 4 is 0 Å². The third-order valence-corrected chi connectivity index (χ3v) is 3.82. The normalized spacial score (nSPS) is 39.8. The summed E-state index contributed by atoms with van der Waals surface area (Å²) in [6, 6.07) is 3.89. The van der Waals surface area contributed by atoms with Gasteiger partial charge in [-0.3, -0.25) is 0 Å². The van der Waals surface area contributed by atoms with E-state index >= 15 is 0 Å². The van der Waals surface area contributed by atoms with Crippen LogP contribution in [0.1, 0.15) is 38.5 Å². The molecule has 0 N–H and O–H groups in total. The average molecular weight is 178 g/mol. The van der Waals surface area contributed by atoms with Gasteiger partial charge >= 0.3 is 0 Å². The highest BCUT2D eigenvalue weighted by Crippen LogP contribution is 2.36. The summed E-state index contributed by atoms with van der Waals surface area (Å²) >= 11 is 0. The fourth-order valence-corrected chi connectivity index (χ4v) is 3.02. The third-order valence-electron chi connectivity index (χ3n) is 3.82. The van der Waals surface area contributed by atoms with Gasteiger partial charge in [-0.1, -0.05) is 6.42 Å². The molecule has 2 aliphatic rings. The van der Waals surface area contributed by atoms with Gasteiger partial charge in [0.25, 0.3) is 0 Å². The van der Waals surface area contributed by atoms with Crippen LogP contribution in [0.2, 0.25) is 0 Å². The molecule has 0 amide bonds. The summed E-state index contributed by atoms with van der Waals surface area (Å²) in [5, 5.41) is 8.68. The van der Waals surface area contributed by atoms with Crippen molar-refractivity contribution in [2.24, 2.45) is 5.92 Å². The van der Waals surface area contributed by atoms with Crippen molar-refractivity contribution in [2.45, 2.75) is 50.6 Å². The van der Waals surface area contributed by atoms with E-state index in [0.717, 1.165) is 18.5 Å². The molecule has 2 aliphatic heterocycles. The lowest BCUT2D eigenvalue weighted by molar-refractivity contribution is 0.0378. The smallest absolute Gasteiger partial charge is 0.0624 e. The molecule has 2 heterocycles. The van der Waals surface area contributed by atoms with Gasteiger partial charge in [0, 0.05) is 18.5 Å². The molecule has 2 fully saturated rings. The number of hydrogen-bond acceptors (Lipinski definition) is 2. The summed E-state index contributed by atoms with van der Waals surface area (Å²) in [6.45, 7) is 0. The van der Waals surface area contributed by atoms with Crippen LogP contribution in [0.5, 0.6) is 0 Å². The van der Waals surface area contributed by atoms with Crippen molar-refractivity contribution in [1.82, 2.24) is 4.90 Å². The third kappa shape index (κ3) is 1.71. The first-order chi connectivity index (χ1) is 6.31. The van der Waals surface area contributed by atoms with Crippen molar-refractivity contribution < 1.29 is 0 Å². The van der Waals surface area contributed by atoms with E-state index in [-0.39, 0.29) is 0 Å². The van der Waals surface area contributed by atoms with Crippen molar-refractivity contribution in [3.8, 4) is 6.07 Å². The Morgan fingerprint density at radius 2 is 1.92 bits per heavy atom. The van der Waals surface area contributed by atoms with Gasteiger partial charge in [-0.05, 0) is 38.6 Å². The van der Waals surface area contributed by atoms with Crippen LogP contribution >= 0.6 is 0 Å². The summed E-state index contributed by atoms with van der Waals surface area (Å²) < 4.78 is 0. The number of nitrogens with zero attached hydrogens (tertiary/aromatic N) is 2. The largest absolute Gasteiger partial charge is 0.300 e. The van der Waals surface area contributed by atoms with Crippen molar-refractivity contribution in [2.75, 3.05) is 7.05 Å². The summed E-state index contributed by atoms with van der Waals surface area (Å²) in [5.74, 6) is 0.691. The molecule has 2 saturated heterocycles. The lowest BCUT2D eigenvalue weighted by Crippen LogP contribution is -2.49. The number of hydrogen-bond donors (Lipinski definition) is 0. The zero-order chi connectivity index (χ0) is 9.26. The second kappa shape index (κ2) is 3.67. The number of nitriles is 1. The molecule has 2 atom stereocenters. The molecule has 2 bridgehead atoms. The van der Waals surface area contributed by atoms with Crippen LogP contribution in [0.25, 0.3) is 0 Å². The Morgan fingerprint density at radius 3 is 2.46 bits per heavy atom. The highest BCUT2D eigenvalue weighted by molar-refractivity contribution is 4.93. The minimum Gasteiger partial charge on any atom is -0.300 e. The first-order valence-electron chi connectivity index (χ1n) is 5.40. The molecule has 0 saturated carbocycles. The molecular weight excluding hydrogens is 160 g/mol. The van der Waals surface area contributed by atoms with Gasteiger partial charge in [0.1, 0.15) is 0 Å². The maximum Gasteiger partial charge on any atom is 0.0624 e. The van der Waals surface area contributed by atoms with Gasteiger partial charge in [-0.2, -0.15) is 5.26 Å². The highest BCUT2D eigenvalue weighted by Gasteiger charge is 2.35. The molecule has 0 radical (unpaired) electrons. The number of fused-ring (bicyclic) bond motifs is 2. The maximum atomic E-state index is 8.68. The zero-order valence-corrected chi connectivity index (χ0v) is 8.37. The molecule has 2 heteroatoms. The molecule has 2 unspecified atom stereocenters. The Labute approximate surface area is 80.5 Å². The molecule has 13 heavy (non-hydrogen) atoms. The summed E-state index contributed by atoms with van der Waals surface area (Å²) in [5.41, 5.74) is 0. The van der Waals surface area contributed by atoms with E-state index in [1.165, 1.54) is 32.1 Å². The zero-order valence-electron chi connectivity index (χ0n) is 8.37. The summed E-state index contributed by atoms with van der Waals surface area (Å²) in [6.07, 6.45) is 7.42. The van der Waals surface area contributed by atoms with Gasteiger partial charge in [0.15, 0.2) is 0 Å². The Hall–Kier alpha value is -0.550. The first kappa shape index (κ1) is 9.02. The van der Waals surface area contributed by atoms with Crippen LogP contribution < -0.4 is 0 Å². The lowest BCUT2D eigenvalue weighted by atomic mass is 9.78. The molecule has 0 spiro atoms. The topological polar surface area (TPSA) is 27.0 Å². The standard InChI is InChI=1S/C11H18N2/c1-13-10-3-2-4-11(13)8-9(7-10)5-6-12/h9-11H,2-5,7-8H2,1H3. The molecule has 0 aromatic heterocycles. The highest BCUT2D eigenvalue weighted by atomic mass is 15.2. The monoisotopic (exact) mass is 178 g/mol.